The summed E-state index contributed by atoms with van der Waals surface area (Å²) in [6.45, 7) is 1.09. The van der Waals surface area contributed by atoms with Crippen LogP contribution in [0.3, 0.4) is 0 Å². The van der Waals surface area contributed by atoms with Crippen molar-refractivity contribution < 1.29 is 5.11 Å². The second-order valence-corrected chi connectivity index (χ2v) is 3.77. The van der Waals surface area contributed by atoms with Gasteiger partial charge in [-0.2, -0.15) is 17.4 Å². The molecule has 1 heterocycles. The number of hydrogen-bond donors (Lipinski definition) is 1. The summed E-state index contributed by atoms with van der Waals surface area (Å²) in [7, 11) is 0. The van der Waals surface area contributed by atoms with E-state index in [2.05, 4.69) is 15.9 Å². The van der Waals surface area contributed by atoms with Crippen LogP contribution in [-0.4, -0.2) is 5.11 Å². The summed E-state index contributed by atoms with van der Waals surface area (Å²) in [5.74, 6) is 0. The zero-order valence-electron chi connectivity index (χ0n) is 4.67. The summed E-state index contributed by atoms with van der Waals surface area (Å²) in [4.78, 5) is 0.872. The Kier molecular flexibility index (Phi) is 2.78. The van der Waals surface area contributed by atoms with E-state index < -0.39 is 0 Å². The van der Waals surface area contributed by atoms with Crippen LogP contribution in [-0.2, 0) is 0 Å². The van der Waals surface area contributed by atoms with Gasteiger partial charge < -0.3 is 5.11 Å². The summed E-state index contributed by atoms with van der Waals surface area (Å²) in [6, 6.07) is 3.74. The Balaban J connectivity index is 0.000000640. The molecular weight excluding hydrogens is 455 g/mol. The van der Waals surface area contributed by atoms with Gasteiger partial charge in [-0.3, -0.25) is 0 Å². The van der Waals surface area contributed by atoms with Crippen molar-refractivity contribution >= 4 is 27.3 Å². The minimum atomic E-state index is 0. The van der Waals surface area contributed by atoms with Gasteiger partial charge in [-0.1, -0.05) is 6.61 Å². The molecule has 46 valence electrons. The van der Waals surface area contributed by atoms with Gasteiger partial charge in [-0.15, -0.1) is 10.9 Å². The van der Waals surface area contributed by atoms with Gasteiger partial charge in [0.15, 0.2) is 0 Å². The summed E-state index contributed by atoms with van der Waals surface area (Å²) >= 11 is 4.76. The standard InChI is InChI=1S/C5H4BrOS.Rf/c6-5-2-1-4(3-7)8-5;/h1-3,7H;/q-1;. The second-order valence-electron chi connectivity index (χ2n) is 1.27. The normalized spacial score (nSPS) is 8.22. The number of rotatable bonds is 1. The van der Waals surface area contributed by atoms with Gasteiger partial charge in [0.1, 0.15) is 0 Å². The van der Waals surface area contributed by atoms with E-state index in [1.54, 1.807) is 0 Å². The van der Waals surface area contributed by atoms with E-state index in [4.69, 9.17) is 5.11 Å². The van der Waals surface area contributed by atoms with Crippen molar-refractivity contribution in [2.75, 3.05) is 0 Å². The fourth-order valence-electron chi connectivity index (χ4n) is 0.398. The Morgan fingerprint density at radius 2 is 2.22 bits per heavy atom. The molecule has 0 aliphatic heterocycles. The van der Waals surface area contributed by atoms with Crippen molar-refractivity contribution in [3.8, 4) is 0 Å². The van der Waals surface area contributed by atoms with Crippen molar-refractivity contribution in [2.45, 2.75) is 0 Å². The molecule has 0 spiro atoms. The van der Waals surface area contributed by atoms with Crippen LogP contribution in [0.1, 0.15) is 4.88 Å². The molecule has 0 aliphatic rings. The first-order valence-corrected chi connectivity index (χ1v) is 3.66. The fourth-order valence-corrected chi connectivity index (χ4v) is 1.64. The molecule has 0 unspecified atom stereocenters. The minimum absolute atomic E-state index is 0. The Morgan fingerprint density at radius 3 is 2.44 bits per heavy atom. The molecule has 0 atom stereocenters. The Hall–Kier alpha value is -0.990. The molecular formula is C5H4BrORfS-. The summed E-state index contributed by atoms with van der Waals surface area (Å²) < 4.78 is 1.04. The monoisotopic (exact) mass is 458 g/mol. The van der Waals surface area contributed by atoms with Gasteiger partial charge in [0.2, 0.25) is 0 Å². The van der Waals surface area contributed by atoms with Crippen LogP contribution < -0.4 is 0 Å². The first-order valence-electron chi connectivity index (χ1n) is 2.05. The molecule has 0 aromatic carbocycles. The largest absolute Gasteiger partial charge is 0.456 e. The zero-order valence-corrected chi connectivity index (χ0v) is 13.5. The van der Waals surface area contributed by atoms with Crippen LogP contribution in [0.2, 0.25) is 0 Å². The van der Waals surface area contributed by atoms with Crippen LogP contribution in [0.25, 0.3) is 0 Å². The number of thiophene rings is 1. The van der Waals surface area contributed by atoms with E-state index in [-0.39, 0.29) is 0 Å². The van der Waals surface area contributed by atoms with Gasteiger partial charge in [0.25, 0.3) is 0 Å². The van der Waals surface area contributed by atoms with Gasteiger partial charge in [0, 0.05) is 3.79 Å². The van der Waals surface area contributed by atoms with Gasteiger partial charge in [-0.05, 0) is 15.9 Å². The molecule has 9 heavy (non-hydrogen) atoms. The number of halogens is 1. The van der Waals surface area contributed by atoms with E-state index in [0.717, 1.165) is 15.3 Å². The summed E-state index contributed by atoms with van der Waals surface area (Å²) in [6.07, 6.45) is 0. The zero-order chi connectivity index (χ0) is 5.98. The molecule has 1 aromatic heterocycles. The predicted molar refractivity (Wildman–Crippen MR) is 37.4 cm³/mol. The molecule has 0 amide bonds. The summed E-state index contributed by atoms with van der Waals surface area (Å²) in [5, 5.41) is 8.42. The number of aliphatic hydroxyl groups excluding tert-OH is 1. The van der Waals surface area contributed by atoms with E-state index in [1.165, 1.54) is 11.3 Å². The summed E-state index contributed by atoms with van der Waals surface area (Å²) in [5.41, 5.74) is 0. The average Bonchev–Trinajstić information content (AvgIpc) is 2.14. The number of hydrogen-bond acceptors (Lipinski definition) is 2. The molecule has 0 saturated carbocycles. The molecule has 0 bridgehead atoms. The van der Waals surface area contributed by atoms with Crippen molar-refractivity contribution in [2.24, 2.45) is 0 Å². The van der Waals surface area contributed by atoms with Crippen molar-refractivity contribution in [3.05, 3.63) is 27.4 Å². The third-order valence-electron chi connectivity index (χ3n) is 0.721. The molecule has 0 radical (unpaired) electrons. The Morgan fingerprint density at radius 1 is 1.56 bits per heavy atom. The second kappa shape index (κ2) is 3.12. The molecule has 0 fully saturated rings. The third kappa shape index (κ3) is 1.76. The van der Waals surface area contributed by atoms with Crippen LogP contribution >= 0.6 is 27.3 Å². The van der Waals surface area contributed by atoms with Gasteiger partial charge >= 0.3 is 0 Å². The van der Waals surface area contributed by atoms with Crippen LogP contribution in [0, 0.1) is 6.61 Å². The van der Waals surface area contributed by atoms with E-state index in [9.17, 15) is 0 Å². The molecule has 0 aliphatic carbocycles. The number of aliphatic hydroxyl groups is 1. The average molecular weight is 459 g/mol. The topological polar surface area (TPSA) is 20.2 Å². The molecule has 1 rings (SSSR count). The van der Waals surface area contributed by atoms with E-state index in [1.807, 2.05) is 12.1 Å². The first kappa shape index (κ1) is 8.01. The SMILES string of the molecule is O[CH-]c1ccc(Br)s1.[Rf]. The third-order valence-corrected chi connectivity index (χ3v) is 2.28. The first-order chi connectivity index (χ1) is 3.83. The van der Waals surface area contributed by atoms with Gasteiger partial charge in [-0.25, -0.2) is 0 Å². The predicted octanol–water partition coefficient (Wildman–Crippen LogP) is 2.39. The van der Waals surface area contributed by atoms with E-state index >= 15 is 0 Å². The quantitative estimate of drug-likeness (QED) is 0.641. The van der Waals surface area contributed by atoms with Gasteiger partial charge in [0.05, 0.1) is 0 Å². The van der Waals surface area contributed by atoms with Crippen molar-refractivity contribution in [1.82, 2.24) is 0 Å². The molecule has 0 saturated heterocycles. The van der Waals surface area contributed by atoms with Crippen molar-refractivity contribution in [3.63, 3.8) is 0 Å². The van der Waals surface area contributed by atoms with Crippen LogP contribution in [0.15, 0.2) is 15.9 Å². The van der Waals surface area contributed by atoms with Crippen LogP contribution in [0.4, 0.5) is 0 Å². The van der Waals surface area contributed by atoms with Crippen LogP contribution in [0.5, 0.6) is 0 Å². The van der Waals surface area contributed by atoms with E-state index in [0.29, 0.717) is 0 Å². The molecule has 1 aromatic rings. The molecule has 1 N–H and O–H groups in total. The maximum absolute atomic E-state index is 8.42. The smallest absolute Gasteiger partial charge is 0.0497 e. The minimum Gasteiger partial charge on any atom is -0.456 e. The maximum atomic E-state index is 8.42. The van der Waals surface area contributed by atoms with Crippen molar-refractivity contribution in [1.29, 1.82) is 0 Å². The Bertz CT molecular complexity index is 177. The maximum Gasteiger partial charge on any atom is 0.0497 e. The molecule has 1 nitrogen and oxygen atoms in total. The fraction of sp³-hybridized carbons (Fsp3) is 0. The Labute approximate surface area is 60.1 Å². The molecule has 4 heteroatoms.